The summed E-state index contributed by atoms with van der Waals surface area (Å²) >= 11 is 1.54. The van der Waals surface area contributed by atoms with Gasteiger partial charge in [0.15, 0.2) is 5.16 Å². The van der Waals surface area contributed by atoms with Gasteiger partial charge in [0.2, 0.25) is 5.91 Å². The van der Waals surface area contributed by atoms with Crippen molar-refractivity contribution in [2.45, 2.75) is 30.5 Å². The number of amides is 1. The summed E-state index contributed by atoms with van der Waals surface area (Å²) in [6.45, 7) is 0. The van der Waals surface area contributed by atoms with Crippen LogP contribution in [-0.2, 0) is 4.79 Å². The van der Waals surface area contributed by atoms with Crippen LogP contribution < -0.4 is 5.73 Å². The second kappa shape index (κ2) is 4.00. The Morgan fingerprint density at radius 2 is 2.50 bits per heavy atom. The standard InChI is InChI=1S/C8H12N4OS/c9-7(13)3-4-14-8-11-10-5-12(8)6-1-2-6/h5-6H,1-4H2,(H2,9,13). The van der Waals surface area contributed by atoms with Crippen molar-refractivity contribution in [2.24, 2.45) is 5.73 Å². The molecule has 0 bridgehead atoms. The molecular formula is C8H12N4OS. The number of hydrogen-bond donors (Lipinski definition) is 1. The lowest BCUT2D eigenvalue weighted by Crippen LogP contribution is -2.11. The minimum Gasteiger partial charge on any atom is -0.370 e. The number of nitrogens with two attached hydrogens (primary N) is 1. The minimum atomic E-state index is -0.269. The zero-order valence-electron chi connectivity index (χ0n) is 7.72. The Hall–Kier alpha value is -1.04. The summed E-state index contributed by atoms with van der Waals surface area (Å²) in [5, 5.41) is 8.75. The highest BCUT2D eigenvalue weighted by atomic mass is 32.2. The monoisotopic (exact) mass is 212 g/mol. The van der Waals surface area contributed by atoms with Crippen LogP contribution in [0.2, 0.25) is 0 Å². The quantitative estimate of drug-likeness (QED) is 0.724. The third kappa shape index (κ3) is 2.25. The molecule has 1 heterocycles. The predicted octanol–water partition coefficient (Wildman–Crippen LogP) is 0.580. The van der Waals surface area contributed by atoms with Gasteiger partial charge in [-0.15, -0.1) is 10.2 Å². The van der Waals surface area contributed by atoms with Crippen molar-refractivity contribution in [3.63, 3.8) is 0 Å². The van der Waals surface area contributed by atoms with Gasteiger partial charge in [-0.2, -0.15) is 0 Å². The number of carbonyl (C=O) groups is 1. The van der Waals surface area contributed by atoms with E-state index in [1.807, 2.05) is 0 Å². The van der Waals surface area contributed by atoms with E-state index in [2.05, 4.69) is 14.8 Å². The van der Waals surface area contributed by atoms with Crippen molar-refractivity contribution in [1.29, 1.82) is 0 Å². The molecule has 0 spiro atoms. The Bertz CT molecular complexity index is 334. The first kappa shape index (κ1) is 9.51. The highest BCUT2D eigenvalue weighted by Crippen LogP contribution is 2.37. The fourth-order valence-electron chi connectivity index (χ4n) is 1.18. The molecule has 2 N–H and O–H groups in total. The largest absolute Gasteiger partial charge is 0.370 e. The number of rotatable bonds is 5. The number of nitrogens with zero attached hydrogens (tertiary/aromatic N) is 3. The molecule has 5 nitrogen and oxygen atoms in total. The number of thioether (sulfide) groups is 1. The predicted molar refractivity (Wildman–Crippen MR) is 52.8 cm³/mol. The van der Waals surface area contributed by atoms with Gasteiger partial charge in [-0.1, -0.05) is 11.8 Å². The second-order valence-electron chi connectivity index (χ2n) is 3.32. The van der Waals surface area contributed by atoms with E-state index < -0.39 is 0 Å². The summed E-state index contributed by atoms with van der Waals surface area (Å²) in [6.07, 6.45) is 4.56. The van der Waals surface area contributed by atoms with Crippen molar-refractivity contribution < 1.29 is 4.79 Å². The maximum absolute atomic E-state index is 10.5. The van der Waals surface area contributed by atoms with Crippen molar-refractivity contribution in [1.82, 2.24) is 14.8 Å². The molecule has 1 aliphatic carbocycles. The van der Waals surface area contributed by atoms with Gasteiger partial charge in [-0.05, 0) is 12.8 Å². The van der Waals surface area contributed by atoms with Gasteiger partial charge in [0.1, 0.15) is 6.33 Å². The molecule has 76 valence electrons. The van der Waals surface area contributed by atoms with E-state index in [1.54, 1.807) is 6.33 Å². The fourth-order valence-corrected chi connectivity index (χ4v) is 2.12. The number of primary amides is 1. The van der Waals surface area contributed by atoms with E-state index in [4.69, 9.17) is 5.73 Å². The Balaban J connectivity index is 1.88. The molecule has 1 fully saturated rings. The van der Waals surface area contributed by atoms with E-state index in [9.17, 15) is 4.79 Å². The molecule has 0 aromatic carbocycles. The summed E-state index contributed by atoms with van der Waals surface area (Å²) in [6, 6.07) is 0.584. The molecule has 6 heteroatoms. The van der Waals surface area contributed by atoms with Gasteiger partial charge < -0.3 is 10.3 Å². The normalized spacial score (nSPS) is 15.7. The smallest absolute Gasteiger partial charge is 0.218 e. The van der Waals surface area contributed by atoms with Crippen LogP contribution in [0.3, 0.4) is 0 Å². The van der Waals surface area contributed by atoms with Gasteiger partial charge in [-0.3, -0.25) is 4.79 Å². The van der Waals surface area contributed by atoms with E-state index in [0.29, 0.717) is 18.2 Å². The Labute approximate surface area is 86.1 Å². The van der Waals surface area contributed by atoms with E-state index in [0.717, 1.165) is 5.16 Å². The number of aromatic nitrogens is 3. The van der Waals surface area contributed by atoms with Crippen molar-refractivity contribution >= 4 is 17.7 Å². The molecule has 1 saturated carbocycles. The van der Waals surface area contributed by atoms with E-state index >= 15 is 0 Å². The van der Waals surface area contributed by atoms with Gasteiger partial charge in [-0.25, -0.2) is 0 Å². The molecule has 0 saturated heterocycles. The van der Waals surface area contributed by atoms with Gasteiger partial charge in [0.25, 0.3) is 0 Å². The van der Waals surface area contributed by atoms with Crippen molar-refractivity contribution in [3.8, 4) is 0 Å². The topological polar surface area (TPSA) is 73.8 Å². The maximum atomic E-state index is 10.5. The first-order chi connectivity index (χ1) is 6.77. The lowest BCUT2D eigenvalue weighted by atomic mass is 10.5. The summed E-state index contributed by atoms with van der Waals surface area (Å²) in [7, 11) is 0. The van der Waals surface area contributed by atoms with Crippen LogP contribution in [0, 0.1) is 0 Å². The average Bonchev–Trinajstić information content (AvgIpc) is 2.87. The lowest BCUT2D eigenvalue weighted by Gasteiger charge is -2.02. The van der Waals surface area contributed by atoms with Crippen LogP contribution in [0.15, 0.2) is 11.5 Å². The van der Waals surface area contributed by atoms with Crippen LogP contribution in [0.25, 0.3) is 0 Å². The van der Waals surface area contributed by atoms with Crippen LogP contribution >= 0.6 is 11.8 Å². The molecule has 0 radical (unpaired) electrons. The molecule has 0 atom stereocenters. The van der Waals surface area contributed by atoms with Crippen LogP contribution in [-0.4, -0.2) is 26.4 Å². The third-order valence-electron chi connectivity index (χ3n) is 2.06. The molecule has 0 aliphatic heterocycles. The van der Waals surface area contributed by atoms with Crippen LogP contribution in [0.5, 0.6) is 0 Å². The van der Waals surface area contributed by atoms with Gasteiger partial charge in [0.05, 0.1) is 0 Å². The van der Waals surface area contributed by atoms with Crippen LogP contribution in [0.1, 0.15) is 25.3 Å². The van der Waals surface area contributed by atoms with Crippen molar-refractivity contribution in [2.75, 3.05) is 5.75 Å². The summed E-state index contributed by atoms with van der Waals surface area (Å²) in [5.41, 5.74) is 5.05. The van der Waals surface area contributed by atoms with Crippen LogP contribution in [0.4, 0.5) is 0 Å². The zero-order chi connectivity index (χ0) is 9.97. The molecule has 1 aromatic rings. The summed E-state index contributed by atoms with van der Waals surface area (Å²) in [5.74, 6) is 0.413. The minimum absolute atomic E-state index is 0.269. The fraction of sp³-hybridized carbons (Fsp3) is 0.625. The molecule has 2 rings (SSSR count). The number of carbonyl (C=O) groups excluding carboxylic acids is 1. The second-order valence-corrected chi connectivity index (χ2v) is 4.38. The number of hydrogen-bond acceptors (Lipinski definition) is 4. The third-order valence-corrected chi connectivity index (χ3v) is 3.02. The lowest BCUT2D eigenvalue weighted by molar-refractivity contribution is -0.117. The molecule has 1 amide bonds. The highest BCUT2D eigenvalue weighted by Gasteiger charge is 2.26. The molecule has 14 heavy (non-hydrogen) atoms. The Kier molecular flexibility index (Phi) is 2.72. The highest BCUT2D eigenvalue weighted by molar-refractivity contribution is 7.99. The van der Waals surface area contributed by atoms with Crippen molar-refractivity contribution in [3.05, 3.63) is 6.33 Å². The Morgan fingerprint density at radius 3 is 3.14 bits per heavy atom. The first-order valence-electron chi connectivity index (χ1n) is 4.58. The zero-order valence-corrected chi connectivity index (χ0v) is 8.54. The Morgan fingerprint density at radius 1 is 1.71 bits per heavy atom. The molecule has 1 aromatic heterocycles. The molecular weight excluding hydrogens is 200 g/mol. The summed E-state index contributed by atoms with van der Waals surface area (Å²) in [4.78, 5) is 10.5. The SMILES string of the molecule is NC(=O)CCSc1nncn1C1CC1. The first-order valence-corrected chi connectivity index (χ1v) is 5.56. The van der Waals surface area contributed by atoms with E-state index in [-0.39, 0.29) is 5.91 Å². The van der Waals surface area contributed by atoms with Gasteiger partial charge in [0, 0.05) is 18.2 Å². The molecule has 1 aliphatic rings. The van der Waals surface area contributed by atoms with Gasteiger partial charge >= 0.3 is 0 Å². The summed E-state index contributed by atoms with van der Waals surface area (Å²) < 4.78 is 2.08. The van der Waals surface area contributed by atoms with E-state index in [1.165, 1.54) is 24.6 Å². The average molecular weight is 212 g/mol. The maximum Gasteiger partial charge on any atom is 0.218 e. The molecule has 0 unspecified atom stereocenters.